The van der Waals surface area contributed by atoms with Gasteiger partial charge < -0.3 is 37.0 Å². The molecule has 0 bridgehead atoms. The average Bonchev–Trinajstić information content (AvgIpc) is 2.79. The van der Waals surface area contributed by atoms with Crippen molar-refractivity contribution in [3.63, 3.8) is 0 Å². The van der Waals surface area contributed by atoms with E-state index in [0.29, 0.717) is 12.0 Å². The molecule has 1 aromatic rings. The number of carboxylic acids is 1. The molecule has 0 aromatic heterocycles. The monoisotopic (exact) mass is 508 g/mol. The van der Waals surface area contributed by atoms with Crippen molar-refractivity contribution >= 4 is 23.7 Å². The van der Waals surface area contributed by atoms with Crippen molar-refractivity contribution < 1.29 is 34.5 Å². The normalized spacial score (nSPS) is 16.4. The quantitative estimate of drug-likeness (QED) is 0.175. The Morgan fingerprint density at radius 3 is 1.83 bits per heavy atom. The first-order valence-electron chi connectivity index (χ1n) is 12.0. The van der Waals surface area contributed by atoms with E-state index in [9.17, 15) is 34.5 Å². The van der Waals surface area contributed by atoms with Gasteiger partial charge in [0, 0.05) is 12.5 Å². The van der Waals surface area contributed by atoms with Crippen molar-refractivity contribution in [2.24, 2.45) is 17.6 Å². The van der Waals surface area contributed by atoms with E-state index in [1.165, 1.54) is 6.92 Å². The number of hydrogen-bond acceptors (Lipinski definition) is 7. The van der Waals surface area contributed by atoms with E-state index < -0.39 is 66.0 Å². The topological polar surface area (TPSA) is 191 Å². The average molecular weight is 509 g/mol. The number of nitrogens with one attached hydrogen (secondary N) is 3. The van der Waals surface area contributed by atoms with Gasteiger partial charge in [-0.25, -0.2) is 4.79 Å². The van der Waals surface area contributed by atoms with E-state index in [0.717, 1.165) is 0 Å². The van der Waals surface area contributed by atoms with Crippen LogP contribution in [-0.4, -0.2) is 75.4 Å². The van der Waals surface area contributed by atoms with Gasteiger partial charge in [-0.1, -0.05) is 58.0 Å². The first kappa shape index (κ1) is 31.0. The van der Waals surface area contributed by atoms with Crippen LogP contribution in [0, 0.1) is 11.8 Å². The van der Waals surface area contributed by atoms with E-state index in [-0.39, 0.29) is 12.3 Å². The van der Waals surface area contributed by atoms with Crippen molar-refractivity contribution in [3.8, 4) is 0 Å². The maximum atomic E-state index is 13.0. The van der Waals surface area contributed by atoms with Crippen LogP contribution in [0.1, 0.15) is 46.6 Å². The second-order valence-electron chi connectivity index (χ2n) is 9.78. The minimum Gasteiger partial charge on any atom is -0.480 e. The zero-order chi connectivity index (χ0) is 27.6. The molecule has 11 heteroatoms. The van der Waals surface area contributed by atoms with Crippen molar-refractivity contribution in [1.29, 1.82) is 0 Å². The van der Waals surface area contributed by atoms with Crippen LogP contribution in [0.15, 0.2) is 30.3 Å². The maximum Gasteiger partial charge on any atom is 0.326 e. The highest BCUT2D eigenvalue weighted by molar-refractivity contribution is 5.94. The molecule has 0 saturated carbocycles. The molecule has 11 nitrogen and oxygen atoms in total. The summed E-state index contributed by atoms with van der Waals surface area (Å²) in [5, 5.41) is 37.2. The van der Waals surface area contributed by atoms with Gasteiger partial charge in [0.15, 0.2) is 0 Å². The van der Waals surface area contributed by atoms with Crippen molar-refractivity contribution in [2.75, 3.05) is 0 Å². The molecule has 4 unspecified atom stereocenters. The lowest BCUT2D eigenvalue weighted by Gasteiger charge is -2.28. The van der Waals surface area contributed by atoms with Crippen molar-refractivity contribution in [3.05, 3.63) is 35.9 Å². The summed E-state index contributed by atoms with van der Waals surface area (Å²) in [6, 6.07) is 3.93. The third-order valence-electron chi connectivity index (χ3n) is 5.62. The van der Waals surface area contributed by atoms with Crippen LogP contribution in [0.25, 0.3) is 0 Å². The lowest BCUT2D eigenvalue weighted by Crippen LogP contribution is -2.61. The summed E-state index contributed by atoms with van der Waals surface area (Å²) in [6.07, 6.45) is -2.51. The molecule has 0 radical (unpaired) electrons. The first-order chi connectivity index (χ1) is 16.7. The van der Waals surface area contributed by atoms with E-state index in [2.05, 4.69) is 16.0 Å². The van der Waals surface area contributed by atoms with Gasteiger partial charge >= 0.3 is 5.97 Å². The second-order valence-corrected chi connectivity index (χ2v) is 9.78. The zero-order valence-electron chi connectivity index (χ0n) is 21.5. The summed E-state index contributed by atoms with van der Waals surface area (Å²) in [6.45, 7) is 8.37. The lowest BCUT2D eigenvalue weighted by atomic mass is 9.98. The molecule has 0 aliphatic rings. The fourth-order valence-corrected chi connectivity index (χ4v) is 3.60. The van der Waals surface area contributed by atoms with E-state index >= 15 is 0 Å². The Morgan fingerprint density at radius 2 is 1.36 bits per heavy atom. The van der Waals surface area contributed by atoms with E-state index in [1.54, 1.807) is 44.2 Å². The fourth-order valence-electron chi connectivity index (χ4n) is 3.60. The molecular weight excluding hydrogens is 468 g/mol. The number of aliphatic carboxylic acids is 1. The highest BCUT2D eigenvalue weighted by Crippen LogP contribution is 2.10. The van der Waals surface area contributed by atoms with Crippen molar-refractivity contribution in [2.45, 2.75) is 83.8 Å². The molecule has 0 spiro atoms. The van der Waals surface area contributed by atoms with Gasteiger partial charge in [0.1, 0.15) is 24.2 Å². The number of aliphatic hydroxyl groups excluding tert-OH is 2. The van der Waals surface area contributed by atoms with E-state index in [4.69, 9.17) is 5.73 Å². The Kier molecular flexibility index (Phi) is 12.5. The first-order valence-corrected chi connectivity index (χ1v) is 12.0. The molecule has 0 aliphatic carbocycles. The Labute approximate surface area is 211 Å². The molecule has 1 rings (SSSR count). The standard InChI is InChI=1S/C25H40N4O7/c1-13(2)11-17(26)21(31)24(34)28-19(14(3)4)22(32)29-20(15(5)30)23(33)27-18(25(35)36)12-16-9-7-6-8-10-16/h6-10,13-15,17-21,30-31H,11-12,26H2,1-5H3,(H,27,33)(H,28,34)(H,29,32)(H,35,36)/t15-,17?,18?,19?,20+,21?/m1/s1. The third-order valence-corrected chi connectivity index (χ3v) is 5.62. The molecule has 0 saturated heterocycles. The number of rotatable bonds is 14. The summed E-state index contributed by atoms with van der Waals surface area (Å²) < 4.78 is 0. The Morgan fingerprint density at radius 1 is 0.833 bits per heavy atom. The number of carbonyl (C=O) groups is 4. The summed E-state index contributed by atoms with van der Waals surface area (Å²) in [5.74, 6) is -4.07. The zero-order valence-corrected chi connectivity index (χ0v) is 21.5. The third kappa shape index (κ3) is 9.92. The second kappa shape index (κ2) is 14.5. The number of nitrogens with two attached hydrogens (primary N) is 1. The molecule has 202 valence electrons. The Hall–Kier alpha value is -3.02. The molecular formula is C25H40N4O7. The maximum absolute atomic E-state index is 13.0. The molecule has 0 fully saturated rings. The SMILES string of the molecule is CC(C)CC(N)C(O)C(=O)NC(C(=O)N[C@H](C(=O)NC(Cc1ccccc1)C(=O)O)[C@@H](C)O)C(C)C. The van der Waals surface area contributed by atoms with Gasteiger partial charge in [0.05, 0.1) is 6.10 Å². The van der Waals surface area contributed by atoms with Crippen LogP contribution >= 0.6 is 0 Å². The Bertz CT molecular complexity index is 876. The predicted octanol–water partition coefficient (Wildman–Crippen LogP) is -0.461. The van der Waals surface area contributed by atoms with Gasteiger partial charge in [-0.2, -0.15) is 0 Å². The molecule has 0 heterocycles. The van der Waals surface area contributed by atoms with Crippen LogP contribution in [-0.2, 0) is 25.6 Å². The minimum atomic E-state index is -1.54. The molecule has 0 aliphatic heterocycles. The van der Waals surface area contributed by atoms with Gasteiger partial charge in [-0.05, 0) is 30.7 Å². The minimum absolute atomic E-state index is 0.00157. The smallest absolute Gasteiger partial charge is 0.326 e. The number of aliphatic hydroxyl groups is 2. The Balaban J connectivity index is 2.93. The van der Waals surface area contributed by atoms with Crippen LogP contribution in [0.2, 0.25) is 0 Å². The molecule has 1 aromatic carbocycles. The predicted molar refractivity (Wildman–Crippen MR) is 134 cm³/mol. The summed E-state index contributed by atoms with van der Waals surface area (Å²) in [7, 11) is 0. The summed E-state index contributed by atoms with van der Waals surface area (Å²) in [4.78, 5) is 50.1. The van der Waals surface area contributed by atoms with Gasteiger partial charge in [0.25, 0.3) is 5.91 Å². The van der Waals surface area contributed by atoms with Crippen molar-refractivity contribution in [1.82, 2.24) is 16.0 Å². The van der Waals surface area contributed by atoms with Crippen LogP contribution in [0.4, 0.5) is 0 Å². The number of hydrogen-bond donors (Lipinski definition) is 7. The molecule has 6 atom stereocenters. The molecule has 36 heavy (non-hydrogen) atoms. The van der Waals surface area contributed by atoms with Gasteiger partial charge in [-0.15, -0.1) is 0 Å². The van der Waals surface area contributed by atoms with Crippen LogP contribution in [0.3, 0.4) is 0 Å². The number of carbonyl (C=O) groups excluding carboxylic acids is 3. The van der Waals surface area contributed by atoms with Gasteiger partial charge in [0.2, 0.25) is 11.8 Å². The highest BCUT2D eigenvalue weighted by Gasteiger charge is 2.34. The van der Waals surface area contributed by atoms with E-state index in [1.807, 2.05) is 13.8 Å². The molecule has 3 amide bonds. The summed E-state index contributed by atoms with van der Waals surface area (Å²) >= 11 is 0. The summed E-state index contributed by atoms with van der Waals surface area (Å²) in [5.41, 5.74) is 6.57. The number of benzene rings is 1. The van der Waals surface area contributed by atoms with Crippen LogP contribution in [0.5, 0.6) is 0 Å². The number of amides is 3. The van der Waals surface area contributed by atoms with Crippen LogP contribution < -0.4 is 21.7 Å². The van der Waals surface area contributed by atoms with Gasteiger partial charge in [-0.3, -0.25) is 14.4 Å². The fraction of sp³-hybridized carbons (Fsp3) is 0.600. The lowest BCUT2D eigenvalue weighted by molar-refractivity contribution is -0.143. The largest absolute Gasteiger partial charge is 0.480 e. The molecule has 8 N–H and O–H groups in total. The highest BCUT2D eigenvalue weighted by atomic mass is 16.4. The number of carboxylic acid groups (broad SMARTS) is 1.